The summed E-state index contributed by atoms with van der Waals surface area (Å²) >= 11 is 4.72. The third-order valence-electron chi connectivity index (χ3n) is 2.92. The number of hydrogen-bond acceptors (Lipinski definition) is 4. The fraction of sp³-hybridized carbons (Fsp3) is 0.308. The van der Waals surface area contributed by atoms with Crippen LogP contribution in [0.1, 0.15) is 6.92 Å². The van der Waals surface area contributed by atoms with Gasteiger partial charge in [0.15, 0.2) is 0 Å². The van der Waals surface area contributed by atoms with Crippen molar-refractivity contribution in [3.63, 3.8) is 0 Å². The lowest BCUT2D eigenvalue weighted by Crippen LogP contribution is -2.59. The Morgan fingerprint density at radius 3 is 2.70 bits per heavy atom. The van der Waals surface area contributed by atoms with E-state index in [4.69, 9.17) is 0 Å². The first-order valence-electron chi connectivity index (χ1n) is 5.99. The highest BCUT2D eigenvalue weighted by Gasteiger charge is 2.33. The third kappa shape index (κ3) is 3.61. The minimum Gasteiger partial charge on any atom is -0.321 e. The quantitative estimate of drug-likeness (QED) is 0.656. The van der Waals surface area contributed by atoms with Crippen molar-refractivity contribution >= 4 is 45.4 Å². The van der Waals surface area contributed by atoms with Gasteiger partial charge in [-0.05, 0) is 31.2 Å². The highest BCUT2D eigenvalue weighted by Crippen LogP contribution is 2.21. The van der Waals surface area contributed by atoms with E-state index in [1.54, 1.807) is 6.92 Å². The summed E-state index contributed by atoms with van der Waals surface area (Å²) in [6.07, 6.45) is 0. The first-order valence-corrected chi connectivity index (χ1v) is 7.77. The van der Waals surface area contributed by atoms with Crippen molar-refractivity contribution in [2.24, 2.45) is 0 Å². The second kappa shape index (κ2) is 6.41. The van der Waals surface area contributed by atoms with Crippen molar-refractivity contribution in [3.05, 3.63) is 28.7 Å². The van der Waals surface area contributed by atoms with Crippen LogP contribution in [0.5, 0.6) is 0 Å². The summed E-state index contributed by atoms with van der Waals surface area (Å²) in [5.74, 6) is -0.876. The Morgan fingerprint density at radius 1 is 1.40 bits per heavy atom. The summed E-state index contributed by atoms with van der Waals surface area (Å²) in [6, 6.07) is 6.99. The van der Waals surface area contributed by atoms with Gasteiger partial charge in [0.1, 0.15) is 12.6 Å². The SMILES string of the molecule is CC1C(=O)NC(=O)CN1C(=O)CSc1ccc(Br)cc1. The highest BCUT2D eigenvalue weighted by atomic mass is 79.9. The van der Waals surface area contributed by atoms with Crippen molar-refractivity contribution in [2.45, 2.75) is 17.9 Å². The molecule has 1 heterocycles. The molecule has 0 radical (unpaired) electrons. The number of hydrogen-bond donors (Lipinski definition) is 1. The second-order valence-corrected chi connectivity index (χ2v) is 6.32. The minimum absolute atomic E-state index is 0.0629. The molecule has 1 aromatic carbocycles. The zero-order valence-corrected chi connectivity index (χ0v) is 13.2. The van der Waals surface area contributed by atoms with Gasteiger partial charge in [-0.1, -0.05) is 15.9 Å². The molecule has 1 aliphatic heterocycles. The number of imide groups is 1. The third-order valence-corrected chi connectivity index (χ3v) is 4.45. The molecule has 106 valence electrons. The molecule has 0 bridgehead atoms. The number of halogens is 1. The highest BCUT2D eigenvalue weighted by molar-refractivity contribution is 9.10. The lowest BCUT2D eigenvalue weighted by Gasteiger charge is -2.31. The number of piperazine rings is 1. The van der Waals surface area contributed by atoms with Crippen LogP contribution in [0.2, 0.25) is 0 Å². The fourth-order valence-electron chi connectivity index (χ4n) is 1.78. The molecule has 1 N–H and O–H groups in total. The molecular weight excluding hydrogens is 344 g/mol. The maximum atomic E-state index is 12.1. The van der Waals surface area contributed by atoms with Crippen LogP contribution in [0.15, 0.2) is 33.6 Å². The molecule has 1 fully saturated rings. The number of carbonyl (C=O) groups excluding carboxylic acids is 3. The zero-order valence-electron chi connectivity index (χ0n) is 10.8. The molecule has 1 aromatic rings. The molecule has 5 nitrogen and oxygen atoms in total. The van der Waals surface area contributed by atoms with Gasteiger partial charge in [0.2, 0.25) is 17.7 Å². The van der Waals surface area contributed by atoms with Gasteiger partial charge in [0.25, 0.3) is 0 Å². The molecule has 3 amide bonds. The van der Waals surface area contributed by atoms with E-state index in [9.17, 15) is 14.4 Å². The van der Waals surface area contributed by atoms with E-state index in [0.717, 1.165) is 9.37 Å². The number of amides is 3. The molecule has 1 saturated heterocycles. The Labute approximate surface area is 129 Å². The number of nitrogens with zero attached hydrogens (tertiary/aromatic N) is 1. The number of carbonyl (C=O) groups is 3. The smallest absolute Gasteiger partial charge is 0.249 e. The van der Waals surface area contributed by atoms with Crippen molar-refractivity contribution in [1.29, 1.82) is 0 Å². The Morgan fingerprint density at radius 2 is 2.05 bits per heavy atom. The molecular formula is C13H13BrN2O3S. The molecule has 1 aliphatic rings. The predicted molar refractivity (Wildman–Crippen MR) is 79.2 cm³/mol. The summed E-state index contributed by atoms with van der Waals surface area (Å²) in [5, 5.41) is 2.21. The molecule has 1 unspecified atom stereocenters. The molecule has 20 heavy (non-hydrogen) atoms. The van der Waals surface area contributed by atoms with Crippen molar-refractivity contribution in [2.75, 3.05) is 12.3 Å². The van der Waals surface area contributed by atoms with Gasteiger partial charge in [-0.2, -0.15) is 0 Å². The summed E-state index contributed by atoms with van der Waals surface area (Å²) in [7, 11) is 0. The van der Waals surface area contributed by atoms with Gasteiger partial charge in [-0.25, -0.2) is 0 Å². The minimum atomic E-state index is -0.606. The molecule has 0 aliphatic carbocycles. The molecule has 0 saturated carbocycles. The molecule has 1 atom stereocenters. The van der Waals surface area contributed by atoms with E-state index in [0.29, 0.717) is 0 Å². The first kappa shape index (κ1) is 15.1. The van der Waals surface area contributed by atoms with E-state index < -0.39 is 17.9 Å². The predicted octanol–water partition coefficient (Wildman–Crippen LogP) is 1.41. The van der Waals surface area contributed by atoms with Gasteiger partial charge < -0.3 is 4.90 Å². The summed E-state index contributed by atoms with van der Waals surface area (Å²) in [6.45, 7) is 1.55. The summed E-state index contributed by atoms with van der Waals surface area (Å²) in [4.78, 5) is 37.2. The van der Waals surface area contributed by atoms with E-state index >= 15 is 0 Å². The molecule has 0 aromatic heterocycles. The monoisotopic (exact) mass is 356 g/mol. The van der Waals surface area contributed by atoms with Crippen LogP contribution in [-0.2, 0) is 14.4 Å². The maximum absolute atomic E-state index is 12.1. The van der Waals surface area contributed by atoms with Crippen LogP contribution in [0, 0.1) is 0 Å². The number of benzene rings is 1. The van der Waals surface area contributed by atoms with Gasteiger partial charge in [0.05, 0.1) is 5.75 Å². The average Bonchev–Trinajstić information content (AvgIpc) is 2.42. The average molecular weight is 357 g/mol. The van der Waals surface area contributed by atoms with E-state index in [-0.39, 0.29) is 18.2 Å². The molecule has 7 heteroatoms. The van der Waals surface area contributed by atoms with E-state index in [2.05, 4.69) is 21.2 Å². The van der Waals surface area contributed by atoms with Crippen LogP contribution in [0.3, 0.4) is 0 Å². The van der Waals surface area contributed by atoms with Crippen LogP contribution < -0.4 is 5.32 Å². The lowest BCUT2D eigenvalue weighted by molar-refractivity contribution is -0.148. The topological polar surface area (TPSA) is 66.5 Å². The van der Waals surface area contributed by atoms with Crippen molar-refractivity contribution in [3.8, 4) is 0 Å². The van der Waals surface area contributed by atoms with Crippen molar-refractivity contribution < 1.29 is 14.4 Å². The van der Waals surface area contributed by atoms with Crippen LogP contribution >= 0.6 is 27.7 Å². The number of thioether (sulfide) groups is 1. The second-order valence-electron chi connectivity index (χ2n) is 4.35. The molecule has 2 rings (SSSR count). The van der Waals surface area contributed by atoms with Crippen molar-refractivity contribution in [1.82, 2.24) is 10.2 Å². The number of nitrogens with one attached hydrogen (secondary N) is 1. The van der Waals surface area contributed by atoms with Gasteiger partial charge in [0, 0.05) is 9.37 Å². The largest absolute Gasteiger partial charge is 0.321 e. The summed E-state index contributed by atoms with van der Waals surface area (Å²) in [5.41, 5.74) is 0. The maximum Gasteiger partial charge on any atom is 0.249 e. The molecule has 0 spiro atoms. The van der Waals surface area contributed by atoms with Gasteiger partial charge in [-0.15, -0.1) is 11.8 Å². The van der Waals surface area contributed by atoms with E-state index in [1.165, 1.54) is 16.7 Å². The van der Waals surface area contributed by atoms with Crippen LogP contribution in [0.4, 0.5) is 0 Å². The first-order chi connectivity index (χ1) is 9.47. The van der Waals surface area contributed by atoms with Crippen LogP contribution in [-0.4, -0.2) is 41.0 Å². The Bertz CT molecular complexity index is 547. The van der Waals surface area contributed by atoms with Gasteiger partial charge >= 0.3 is 0 Å². The Balaban J connectivity index is 1.95. The number of rotatable bonds is 3. The normalized spacial score (nSPS) is 18.9. The van der Waals surface area contributed by atoms with Gasteiger partial charge in [-0.3, -0.25) is 19.7 Å². The zero-order chi connectivity index (χ0) is 14.7. The Kier molecular flexibility index (Phi) is 4.82. The summed E-state index contributed by atoms with van der Waals surface area (Å²) < 4.78 is 0.972. The Hall–Kier alpha value is -1.34. The van der Waals surface area contributed by atoms with E-state index in [1.807, 2.05) is 24.3 Å². The standard InChI is InChI=1S/C13H13BrN2O3S/c1-8-13(19)15-11(17)6-16(8)12(18)7-20-10-4-2-9(14)3-5-10/h2-5,8H,6-7H2,1H3,(H,15,17,19). The van der Waals surface area contributed by atoms with Crippen LogP contribution in [0.25, 0.3) is 0 Å². The fourth-order valence-corrected chi connectivity index (χ4v) is 2.83. The lowest BCUT2D eigenvalue weighted by atomic mass is 10.2.